The second-order valence-corrected chi connectivity index (χ2v) is 8.21. The molecule has 1 atom stereocenters. The monoisotopic (exact) mass is 343 g/mol. The summed E-state index contributed by atoms with van der Waals surface area (Å²) in [5.41, 5.74) is 3.65. The number of benzene rings is 2. The summed E-state index contributed by atoms with van der Waals surface area (Å²) in [6.45, 7) is 6.95. The Bertz CT molecular complexity index is 850. The van der Waals surface area contributed by atoms with Crippen LogP contribution in [0.2, 0.25) is 0 Å². The van der Waals surface area contributed by atoms with Gasteiger partial charge in [0.05, 0.1) is 27.4 Å². The maximum Gasteiger partial charge on any atom is 0.0909 e. The highest BCUT2D eigenvalue weighted by molar-refractivity contribution is 7.93. The normalized spacial score (nSPS) is 13.7. The summed E-state index contributed by atoms with van der Waals surface area (Å²) < 4.78 is 17.5. The first-order valence-corrected chi connectivity index (χ1v) is 9.88. The fourth-order valence-corrected chi connectivity index (χ4v) is 3.52. The van der Waals surface area contributed by atoms with E-state index in [1.165, 1.54) is 0 Å². The molecule has 0 radical (unpaired) electrons. The van der Waals surface area contributed by atoms with Crippen LogP contribution in [-0.4, -0.2) is 35.3 Å². The fraction of sp³-hybridized carbons (Fsp3) is 0.316. The summed E-state index contributed by atoms with van der Waals surface area (Å²) >= 11 is 0. The van der Waals surface area contributed by atoms with E-state index in [4.69, 9.17) is 0 Å². The number of aryl methyl sites for hydroxylation is 2. The lowest BCUT2D eigenvalue weighted by molar-refractivity contribution is 0.552. The van der Waals surface area contributed by atoms with Crippen LogP contribution in [0.25, 0.3) is 0 Å². The number of hydrogen-bond donors (Lipinski definition) is 0. The molecule has 128 valence electrons. The van der Waals surface area contributed by atoms with Crippen molar-refractivity contribution < 1.29 is 4.21 Å². The summed E-state index contributed by atoms with van der Waals surface area (Å²) in [7, 11) is -0.479. The molecule has 0 aliphatic heterocycles. The fourth-order valence-electron chi connectivity index (χ4n) is 2.18. The maximum absolute atomic E-state index is 13.0. The number of nitrogens with zero attached hydrogens (tertiary/aromatic N) is 3. The van der Waals surface area contributed by atoms with Gasteiger partial charge >= 0.3 is 0 Å². The minimum atomic E-state index is -2.47. The average molecular weight is 343 g/mol. The van der Waals surface area contributed by atoms with Gasteiger partial charge in [-0.15, -0.1) is 0 Å². The van der Waals surface area contributed by atoms with Crippen molar-refractivity contribution >= 4 is 27.4 Å². The van der Waals surface area contributed by atoms with E-state index in [0.29, 0.717) is 0 Å². The molecular weight excluding hydrogens is 318 g/mol. The van der Waals surface area contributed by atoms with E-state index in [9.17, 15) is 4.21 Å². The van der Waals surface area contributed by atoms with Crippen LogP contribution in [0.5, 0.6) is 0 Å². The van der Waals surface area contributed by atoms with Crippen molar-refractivity contribution in [2.24, 2.45) is 9.36 Å². The third-order valence-corrected chi connectivity index (χ3v) is 5.55. The molecule has 2 aromatic carbocycles. The number of rotatable bonds is 5. The molecule has 24 heavy (non-hydrogen) atoms. The summed E-state index contributed by atoms with van der Waals surface area (Å²) in [5, 5.41) is 0. The Kier molecular flexibility index (Phi) is 5.78. The summed E-state index contributed by atoms with van der Waals surface area (Å²) in [6, 6.07) is 13.3. The van der Waals surface area contributed by atoms with Gasteiger partial charge in [0.2, 0.25) is 0 Å². The van der Waals surface area contributed by atoms with Crippen molar-refractivity contribution in [1.29, 1.82) is 0 Å². The van der Waals surface area contributed by atoms with Crippen LogP contribution in [0.4, 0.5) is 11.4 Å². The van der Waals surface area contributed by atoms with Crippen LogP contribution in [0.3, 0.4) is 0 Å². The summed E-state index contributed by atoms with van der Waals surface area (Å²) in [4.78, 5) is 7.28. The number of aliphatic imine (C=N–C) groups is 1. The zero-order valence-electron chi connectivity index (χ0n) is 15.0. The largest absolute Gasteiger partial charge is 0.366 e. The molecule has 0 heterocycles. The molecule has 0 aliphatic rings. The first-order chi connectivity index (χ1) is 11.3. The molecule has 2 aromatic rings. The van der Waals surface area contributed by atoms with Crippen LogP contribution in [0, 0.1) is 13.8 Å². The quantitative estimate of drug-likeness (QED) is 0.583. The van der Waals surface area contributed by atoms with Crippen molar-refractivity contribution in [2.75, 3.05) is 19.8 Å². The van der Waals surface area contributed by atoms with Crippen LogP contribution >= 0.6 is 0 Å². The highest BCUT2D eigenvalue weighted by Gasteiger charge is 2.09. The molecule has 0 spiro atoms. The van der Waals surface area contributed by atoms with Crippen molar-refractivity contribution in [3.63, 3.8) is 0 Å². The molecular formula is C19H25N3OS. The Morgan fingerprint density at radius 1 is 1.08 bits per heavy atom. The molecule has 0 bridgehead atoms. The lowest BCUT2D eigenvalue weighted by atomic mass is 10.1. The molecule has 4 nitrogen and oxygen atoms in total. The van der Waals surface area contributed by atoms with Crippen LogP contribution in [0.1, 0.15) is 18.1 Å². The van der Waals surface area contributed by atoms with Gasteiger partial charge in [-0.2, -0.15) is 4.36 Å². The van der Waals surface area contributed by atoms with E-state index < -0.39 is 9.73 Å². The Balaban J connectivity index is 2.43. The van der Waals surface area contributed by atoms with E-state index in [1.54, 1.807) is 6.26 Å². The van der Waals surface area contributed by atoms with E-state index >= 15 is 0 Å². The molecule has 0 aliphatic carbocycles. The first kappa shape index (κ1) is 18.2. The molecule has 0 saturated heterocycles. The van der Waals surface area contributed by atoms with E-state index in [0.717, 1.165) is 33.9 Å². The Hall–Kier alpha value is -2.14. The predicted molar refractivity (Wildman–Crippen MR) is 103 cm³/mol. The zero-order chi connectivity index (χ0) is 17.7. The topological polar surface area (TPSA) is 45.0 Å². The van der Waals surface area contributed by atoms with Crippen molar-refractivity contribution in [3.8, 4) is 0 Å². The lowest BCUT2D eigenvalue weighted by Gasteiger charge is -2.11. The van der Waals surface area contributed by atoms with Crippen molar-refractivity contribution in [2.45, 2.75) is 25.7 Å². The van der Waals surface area contributed by atoms with Crippen LogP contribution < -0.4 is 0 Å². The molecule has 1 unspecified atom stereocenters. The highest BCUT2D eigenvalue weighted by Crippen LogP contribution is 2.30. The van der Waals surface area contributed by atoms with E-state index in [-0.39, 0.29) is 0 Å². The van der Waals surface area contributed by atoms with Gasteiger partial charge in [-0.05, 0) is 56.2 Å². The first-order valence-electron chi connectivity index (χ1n) is 7.96. The molecule has 0 fully saturated rings. The Morgan fingerprint density at radius 3 is 2.29 bits per heavy atom. The summed E-state index contributed by atoms with van der Waals surface area (Å²) in [6.07, 6.45) is 3.50. The SMILES string of the molecule is CCN(C)C=Nc1cc(C)c(N=S(C)(=O)c2ccccc2)cc1C. The second-order valence-electron chi connectivity index (χ2n) is 5.95. The second kappa shape index (κ2) is 7.62. The molecule has 0 amide bonds. The minimum absolute atomic E-state index is 0.744. The molecule has 0 saturated carbocycles. The van der Waals surface area contributed by atoms with Gasteiger partial charge in [0.25, 0.3) is 0 Å². The Labute approximate surface area is 145 Å². The number of hydrogen-bond acceptors (Lipinski definition) is 3. The van der Waals surface area contributed by atoms with Gasteiger partial charge in [0, 0.05) is 24.7 Å². The highest BCUT2D eigenvalue weighted by atomic mass is 32.2. The Morgan fingerprint density at radius 2 is 1.67 bits per heavy atom. The maximum atomic E-state index is 13.0. The standard InChI is InChI=1S/C19H25N3OS/c1-6-22(4)14-20-18-12-16(3)19(13-15(18)2)21-24(5,23)17-10-8-7-9-11-17/h7-14H,6H2,1-5H3. The third-order valence-electron chi connectivity index (χ3n) is 3.86. The van der Waals surface area contributed by atoms with Gasteiger partial charge in [-0.3, -0.25) is 0 Å². The van der Waals surface area contributed by atoms with Gasteiger partial charge in [-0.25, -0.2) is 9.20 Å². The van der Waals surface area contributed by atoms with E-state index in [1.807, 2.05) is 74.6 Å². The van der Waals surface area contributed by atoms with E-state index in [2.05, 4.69) is 16.3 Å². The minimum Gasteiger partial charge on any atom is -0.366 e. The predicted octanol–water partition coefficient (Wildman–Crippen LogP) is 4.70. The van der Waals surface area contributed by atoms with Gasteiger partial charge < -0.3 is 4.90 Å². The summed E-state index contributed by atoms with van der Waals surface area (Å²) in [5.74, 6) is 0. The van der Waals surface area contributed by atoms with Crippen molar-refractivity contribution in [3.05, 3.63) is 53.6 Å². The third kappa shape index (κ3) is 4.45. The molecule has 0 N–H and O–H groups in total. The average Bonchev–Trinajstić information content (AvgIpc) is 2.57. The molecule has 2 rings (SSSR count). The molecule has 5 heteroatoms. The van der Waals surface area contributed by atoms with Crippen LogP contribution in [-0.2, 0) is 9.73 Å². The van der Waals surface area contributed by atoms with Crippen LogP contribution in [0.15, 0.2) is 56.7 Å². The van der Waals surface area contributed by atoms with Gasteiger partial charge in [0.15, 0.2) is 0 Å². The van der Waals surface area contributed by atoms with Crippen molar-refractivity contribution in [1.82, 2.24) is 4.90 Å². The zero-order valence-corrected chi connectivity index (χ0v) is 15.8. The lowest BCUT2D eigenvalue weighted by Crippen LogP contribution is -2.14. The smallest absolute Gasteiger partial charge is 0.0909 e. The van der Waals surface area contributed by atoms with Gasteiger partial charge in [-0.1, -0.05) is 18.2 Å². The van der Waals surface area contributed by atoms with Gasteiger partial charge in [0.1, 0.15) is 0 Å². The molecule has 0 aromatic heterocycles.